The quantitative estimate of drug-likeness (QED) is 0.378. The van der Waals surface area contributed by atoms with Crippen molar-refractivity contribution < 1.29 is 17.1 Å². The SMILES string of the molecule is C#C[c-]1cccc1.Cl[c-]1[cH-][cH-][cH-][cH-]1.[Fe]. The fourth-order valence-corrected chi connectivity index (χ4v) is 0.966. The van der Waals surface area contributed by atoms with E-state index in [1.54, 1.807) is 0 Å². The third-order valence-corrected chi connectivity index (χ3v) is 1.70. The molecule has 0 saturated carbocycles. The average molecular weight is 245 g/mol. The number of terminal acetylenes is 1. The minimum absolute atomic E-state index is 0. The zero-order chi connectivity index (χ0) is 9.52. The molecule has 2 rings (SSSR count). The van der Waals surface area contributed by atoms with E-state index in [-0.39, 0.29) is 17.1 Å². The second-order valence-electron chi connectivity index (χ2n) is 2.42. The minimum Gasteiger partial charge on any atom is -0.747 e. The summed E-state index contributed by atoms with van der Waals surface area (Å²) in [7, 11) is 0. The Kier molecular flexibility index (Phi) is 6.97. The second kappa shape index (κ2) is 7.47. The van der Waals surface area contributed by atoms with E-state index in [0.717, 1.165) is 10.6 Å². The molecule has 0 nitrogen and oxygen atoms in total. The Labute approximate surface area is 100 Å². The largest absolute Gasteiger partial charge is 0.747 e. The van der Waals surface area contributed by atoms with Gasteiger partial charge in [-0.1, -0.05) is 5.56 Å². The topological polar surface area (TPSA) is 0 Å². The summed E-state index contributed by atoms with van der Waals surface area (Å²) in [5, 5.41) is 0.815. The molecule has 0 amide bonds. The molecule has 0 unspecified atom stereocenters. The van der Waals surface area contributed by atoms with Crippen molar-refractivity contribution >= 4 is 11.6 Å². The van der Waals surface area contributed by atoms with Crippen molar-refractivity contribution in [1.29, 1.82) is 0 Å². The van der Waals surface area contributed by atoms with Crippen LogP contribution in [-0.4, -0.2) is 0 Å². The van der Waals surface area contributed by atoms with Crippen LogP contribution >= 0.6 is 11.6 Å². The maximum absolute atomic E-state index is 5.46. The number of halogens is 1. The predicted octanol–water partition coefficient (Wildman–Crippen LogP) is 3.44. The van der Waals surface area contributed by atoms with Gasteiger partial charge >= 0.3 is 0 Å². The molecular formula is C12H9ClFe-6. The van der Waals surface area contributed by atoms with Crippen LogP contribution in [0.2, 0.25) is 5.02 Å². The first kappa shape index (κ1) is 13.1. The maximum Gasteiger partial charge on any atom is 0 e. The molecule has 0 heterocycles. The van der Waals surface area contributed by atoms with Gasteiger partial charge in [0.2, 0.25) is 0 Å². The third-order valence-electron chi connectivity index (χ3n) is 1.45. The van der Waals surface area contributed by atoms with Crippen molar-refractivity contribution in [2.24, 2.45) is 0 Å². The third kappa shape index (κ3) is 4.94. The standard InChI is InChI=1S/C7H5.C5H4Cl.Fe/c1-2-7-5-3-4-6-7;6-5-3-1-2-4-5;/h1,3-6H;1-4H;/q-1;-5;. The number of rotatable bonds is 0. The summed E-state index contributed by atoms with van der Waals surface area (Å²) in [6.45, 7) is 0. The average Bonchev–Trinajstić information content (AvgIpc) is 2.76. The second-order valence-corrected chi connectivity index (χ2v) is 2.86. The van der Waals surface area contributed by atoms with Crippen LogP contribution < -0.4 is 0 Å². The van der Waals surface area contributed by atoms with Crippen molar-refractivity contribution in [3.63, 3.8) is 0 Å². The van der Waals surface area contributed by atoms with Gasteiger partial charge in [-0.05, 0) is 0 Å². The Hall–Kier alpha value is -0.931. The van der Waals surface area contributed by atoms with E-state index < -0.39 is 0 Å². The van der Waals surface area contributed by atoms with Crippen LogP contribution in [0.25, 0.3) is 0 Å². The molecule has 0 fully saturated rings. The van der Waals surface area contributed by atoms with Gasteiger partial charge in [-0.2, -0.15) is 18.1 Å². The van der Waals surface area contributed by atoms with Gasteiger partial charge in [-0.25, -0.2) is 6.42 Å². The van der Waals surface area contributed by atoms with E-state index in [9.17, 15) is 0 Å². The van der Waals surface area contributed by atoms with Gasteiger partial charge in [-0.3, -0.25) is 0 Å². The van der Waals surface area contributed by atoms with Crippen LogP contribution in [0.3, 0.4) is 0 Å². The summed E-state index contributed by atoms with van der Waals surface area (Å²) in [6.07, 6.45) is 5.04. The molecule has 0 radical (unpaired) electrons. The van der Waals surface area contributed by atoms with Crippen molar-refractivity contribution in [2.75, 3.05) is 0 Å². The van der Waals surface area contributed by atoms with Crippen LogP contribution in [0.15, 0.2) is 48.5 Å². The van der Waals surface area contributed by atoms with Gasteiger partial charge in [0, 0.05) is 17.1 Å². The zero-order valence-corrected chi connectivity index (χ0v) is 9.29. The van der Waals surface area contributed by atoms with Gasteiger partial charge in [-0.15, -0.1) is 12.1 Å². The summed E-state index contributed by atoms with van der Waals surface area (Å²) in [5.74, 6) is 2.51. The molecule has 0 aromatic heterocycles. The Morgan fingerprint density at radius 3 is 1.86 bits per heavy atom. The van der Waals surface area contributed by atoms with Crippen molar-refractivity contribution in [3.8, 4) is 12.3 Å². The van der Waals surface area contributed by atoms with Gasteiger partial charge in [0.15, 0.2) is 0 Å². The summed E-state index contributed by atoms with van der Waals surface area (Å²) >= 11 is 5.46. The molecule has 0 aliphatic carbocycles. The predicted molar refractivity (Wildman–Crippen MR) is 57.0 cm³/mol. The molecule has 0 aliphatic heterocycles. The normalized spacial score (nSPS) is 7.71. The van der Waals surface area contributed by atoms with Gasteiger partial charge < -0.3 is 40.9 Å². The Bertz CT molecular complexity index is 351. The molecule has 2 aromatic carbocycles. The van der Waals surface area contributed by atoms with Crippen LogP contribution in [0.5, 0.6) is 0 Å². The molecule has 0 spiro atoms. The van der Waals surface area contributed by atoms with E-state index in [2.05, 4.69) is 5.92 Å². The van der Waals surface area contributed by atoms with Gasteiger partial charge in [0.05, 0.1) is 0 Å². The van der Waals surface area contributed by atoms with Crippen LogP contribution in [0.4, 0.5) is 0 Å². The number of hydrogen-bond acceptors (Lipinski definition) is 0. The Morgan fingerprint density at radius 1 is 1.14 bits per heavy atom. The summed E-state index contributed by atoms with van der Waals surface area (Å²) in [6, 6.07) is 15.2. The molecule has 0 N–H and O–H groups in total. The fourth-order valence-electron chi connectivity index (χ4n) is 0.821. The van der Waals surface area contributed by atoms with E-state index in [1.807, 2.05) is 48.5 Å². The molecule has 78 valence electrons. The molecule has 0 aliphatic rings. The molecule has 2 aromatic rings. The zero-order valence-electron chi connectivity index (χ0n) is 7.43. The molecule has 14 heavy (non-hydrogen) atoms. The van der Waals surface area contributed by atoms with Gasteiger partial charge in [0.25, 0.3) is 0 Å². The van der Waals surface area contributed by atoms with Crippen molar-refractivity contribution in [1.82, 2.24) is 0 Å². The minimum atomic E-state index is 0. The van der Waals surface area contributed by atoms with Crippen molar-refractivity contribution in [2.45, 2.75) is 0 Å². The first-order valence-corrected chi connectivity index (χ1v) is 4.26. The summed E-state index contributed by atoms with van der Waals surface area (Å²) < 4.78 is 0. The fraction of sp³-hybridized carbons (Fsp3) is 0. The molecule has 0 bridgehead atoms. The maximum atomic E-state index is 5.46. The van der Waals surface area contributed by atoms with E-state index in [4.69, 9.17) is 18.0 Å². The number of hydrogen-bond donors (Lipinski definition) is 0. The summed E-state index contributed by atoms with van der Waals surface area (Å²) in [5.41, 5.74) is 0.958. The van der Waals surface area contributed by atoms with Crippen LogP contribution in [0, 0.1) is 12.3 Å². The monoisotopic (exact) mass is 244 g/mol. The van der Waals surface area contributed by atoms with Crippen LogP contribution in [-0.2, 0) is 17.1 Å². The first-order chi connectivity index (χ1) is 6.33. The smallest absolute Gasteiger partial charge is 0 e. The van der Waals surface area contributed by atoms with E-state index in [0.29, 0.717) is 0 Å². The summed E-state index contributed by atoms with van der Waals surface area (Å²) in [4.78, 5) is 0. The molecule has 0 atom stereocenters. The van der Waals surface area contributed by atoms with Gasteiger partial charge in [0.1, 0.15) is 0 Å². The Morgan fingerprint density at radius 2 is 1.64 bits per heavy atom. The van der Waals surface area contributed by atoms with Crippen LogP contribution in [0.1, 0.15) is 5.56 Å². The molecule has 2 heteroatoms. The molecular weight excluding hydrogens is 235 g/mol. The van der Waals surface area contributed by atoms with E-state index >= 15 is 0 Å². The van der Waals surface area contributed by atoms with Crippen molar-refractivity contribution in [3.05, 3.63) is 59.1 Å². The Balaban J connectivity index is 0.000000227. The molecule has 0 saturated heterocycles. The first-order valence-electron chi connectivity index (χ1n) is 3.88. The van der Waals surface area contributed by atoms with E-state index in [1.165, 1.54) is 0 Å².